The van der Waals surface area contributed by atoms with Gasteiger partial charge in [0.1, 0.15) is 5.75 Å². The highest BCUT2D eigenvalue weighted by Gasteiger charge is 2.03. The van der Waals surface area contributed by atoms with Gasteiger partial charge in [-0.1, -0.05) is 35.4 Å². The van der Waals surface area contributed by atoms with Gasteiger partial charge < -0.3 is 4.74 Å². The summed E-state index contributed by atoms with van der Waals surface area (Å²) < 4.78 is 5.48. The molecule has 0 atom stereocenters. The Morgan fingerprint density at radius 2 is 1.28 bits per heavy atom. The van der Waals surface area contributed by atoms with E-state index in [2.05, 4.69) is 0 Å². The summed E-state index contributed by atoms with van der Waals surface area (Å²) in [6, 6.07) is 15.4. The first kappa shape index (κ1) is 14.3. The molecule has 2 rings (SSSR count). The Balaban J connectivity index is 0.00000162. The predicted octanol–water partition coefficient (Wildman–Crippen LogP) is 4.13. The fourth-order valence-electron chi connectivity index (χ4n) is 1.49. The molecule has 0 aliphatic carbocycles. The average Bonchev–Trinajstić information content (AvgIpc) is 2.33. The number of hydrogen-bond acceptors (Lipinski definition) is 2. The second-order valence-electron chi connectivity index (χ2n) is 4.11. The monoisotopic (exact) mass is 261 g/mol. The van der Waals surface area contributed by atoms with E-state index >= 15 is 0 Å². The molecular weight excluding hydrogens is 246 g/mol. The van der Waals surface area contributed by atoms with Gasteiger partial charge in [-0.2, -0.15) is 0 Å². The Labute approximate surface area is 114 Å². The van der Waals surface area contributed by atoms with Crippen LogP contribution in [0.4, 0.5) is 0 Å². The van der Waals surface area contributed by atoms with E-state index in [1.54, 1.807) is 0 Å². The van der Waals surface area contributed by atoms with Crippen molar-refractivity contribution in [1.29, 1.82) is 5.41 Å². The quantitative estimate of drug-likeness (QED) is 0.640. The lowest BCUT2D eigenvalue weighted by Crippen LogP contribution is -2.08. The zero-order valence-electron chi connectivity index (χ0n) is 10.4. The molecule has 0 aliphatic rings. The van der Waals surface area contributed by atoms with Gasteiger partial charge in [0.25, 0.3) is 0 Å². The smallest absolute Gasteiger partial charge is 0.219 e. The molecule has 0 saturated heterocycles. The molecule has 0 heterocycles. The molecule has 94 valence electrons. The maximum Gasteiger partial charge on any atom is 0.219 e. The molecular formula is C15H16ClNO. The van der Waals surface area contributed by atoms with Crippen LogP contribution in [0.1, 0.15) is 16.7 Å². The topological polar surface area (TPSA) is 33.1 Å². The molecule has 0 unspecified atom stereocenters. The van der Waals surface area contributed by atoms with Crippen LogP contribution in [0.2, 0.25) is 0 Å². The second-order valence-corrected chi connectivity index (χ2v) is 4.11. The highest BCUT2D eigenvalue weighted by Crippen LogP contribution is 2.14. The Morgan fingerprint density at radius 1 is 0.833 bits per heavy atom. The van der Waals surface area contributed by atoms with Crippen LogP contribution in [0.5, 0.6) is 5.75 Å². The highest BCUT2D eigenvalue weighted by molar-refractivity contribution is 5.93. The molecule has 0 saturated carbocycles. The van der Waals surface area contributed by atoms with Crippen molar-refractivity contribution in [2.75, 3.05) is 0 Å². The van der Waals surface area contributed by atoms with Crippen molar-refractivity contribution < 1.29 is 4.74 Å². The molecule has 0 amide bonds. The van der Waals surface area contributed by atoms with Gasteiger partial charge in [0.05, 0.1) is 0 Å². The summed E-state index contributed by atoms with van der Waals surface area (Å²) in [5, 5.41) is 7.87. The first-order chi connectivity index (χ1) is 8.15. The van der Waals surface area contributed by atoms with Crippen molar-refractivity contribution in [3.8, 4) is 5.75 Å². The fourth-order valence-corrected chi connectivity index (χ4v) is 1.49. The molecule has 0 radical (unpaired) electrons. The summed E-state index contributed by atoms with van der Waals surface area (Å²) >= 11 is 0. The number of rotatable bonds is 2. The van der Waals surface area contributed by atoms with E-state index in [9.17, 15) is 0 Å². The molecule has 0 aliphatic heterocycles. The molecule has 18 heavy (non-hydrogen) atoms. The van der Waals surface area contributed by atoms with Crippen LogP contribution in [0, 0.1) is 19.3 Å². The van der Waals surface area contributed by atoms with E-state index in [1.807, 2.05) is 62.4 Å². The first-order valence-electron chi connectivity index (χ1n) is 5.55. The minimum absolute atomic E-state index is 0. The third-order valence-corrected chi connectivity index (χ3v) is 2.55. The van der Waals surface area contributed by atoms with Crippen molar-refractivity contribution in [3.05, 3.63) is 65.2 Å². The number of hydrogen-bond donors (Lipinski definition) is 1. The van der Waals surface area contributed by atoms with Crippen molar-refractivity contribution in [2.45, 2.75) is 13.8 Å². The van der Waals surface area contributed by atoms with Crippen molar-refractivity contribution in [3.63, 3.8) is 0 Å². The van der Waals surface area contributed by atoms with Gasteiger partial charge in [-0.05, 0) is 38.1 Å². The summed E-state index contributed by atoms with van der Waals surface area (Å²) in [5.74, 6) is 0.870. The number of nitrogens with one attached hydrogen (secondary N) is 1. The molecule has 2 aromatic carbocycles. The SMILES string of the molecule is Cc1ccc(OC(=N)c2ccc(C)cc2)cc1.Cl. The lowest BCUT2D eigenvalue weighted by Gasteiger charge is -2.07. The van der Waals surface area contributed by atoms with Gasteiger partial charge in [-0.15, -0.1) is 12.4 Å². The fraction of sp³-hybridized carbons (Fsp3) is 0.133. The highest BCUT2D eigenvalue weighted by atomic mass is 35.5. The lowest BCUT2D eigenvalue weighted by atomic mass is 10.1. The molecule has 1 N–H and O–H groups in total. The first-order valence-corrected chi connectivity index (χ1v) is 5.55. The molecule has 3 heteroatoms. The molecule has 0 aromatic heterocycles. The van der Waals surface area contributed by atoms with Gasteiger partial charge in [0.2, 0.25) is 5.90 Å². The van der Waals surface area contributed by atoms with E-state index in [1.165, 1.54) is 11.1 Å². The Hall–Kier alpha value is -1.80. The van der Waals surface area contributed by atoms with Crippen molar-refractivity contribution >= 4 is 18.3 Å². The zero-order valence-corrected chi connectivity index (χ0v) is 11.3. The summed E-state index contributed by atoms with van der Waals surface area (Å²) in [5.41, 5.74) is 3.15. The minimum Gasteiger partial charge on any atom is -0.439 e. The van der Waals surface area contributed by atoms with Crippen molar-refractivity contribution in [2.24, 2.45) is 0 Å². The summed E-state index contributed by atoms with van der Waals surface area (Å²) in [4.78, 5) is 0. The average molecular weight is 262 g/mol. The number of aryl methyl sites for hydroxylation is 2. The van der Waals surface area contributed by atoms with Crippen LogP contribution < -0.4 is 4.74 Å². The van der Waals surface area contributed by atoms with Crippen LogP contribution in [-0.2, 0) is 0 Å². The largest absolute Gasteiger partial charge is 0.439 e. The summed E-state index contributed by atoms with van der Waals surface area (Å²) in [7, 11) is 0. The van der Waals surface area contributed by atoms with E-state index in [0.717, 1.165) is 5.56 Å². The zero-order chi connectivity index (χ0) is 12.3. The number of halogens is 1. The lowest BCUT2D eigenvalue weighted by molar-refractivity contribution is 0.547. The normalized spacial score (nSPS) is 9.44. The van der Waals surface area contributed by atoms with Crippen LogP contribution >= 0.6 is 12.4 Å². The van der Waals surface area contributed by atoms with Gasteiger partial charge >= 0.3 is 0 Å². The van der Waals surface area contributed by atoms with E-state index in [0.29, 0.717) is 5.75 Å². The third kappa shape index (κ3) is 3.60. The molecule has 0 spiro atoms. The standard InChI is InChI=1S/C15H15NO.ClH/c1-11-3-7-13(8-4-11)15(16)17-14-9-5-12(2)6-10-14;/h3-10,16H,1-2H3;1H. The number of benzene rings is 2. The van der Waals surface area contributed by atoms with Crippen LogP contribution in [-0.4, -0.2) is 5.90 Å². The Kier molecular flexibility index (Phi) is 4.93. The van der Waals surface area contributed by atoms with E-state index < -0.39 is 0 Å². The van der Waals surface area contributed by atoms with Crippen LogP contribution in [0.15, 0.2) is 48.5 Å². The Morgan fingerprint density at radius 3 is 1.78 bits per heavy atom. The van der Waals surface area contributed by atoms with Gasteiger partial charge in [0, 0.05) is 5.56 Å². The minimum atomic E-state index is 0. The predicted molar refractivity (Wildman–Crippen MR) is 77.1 cm³/mol. The Bertz CT molecular complexity index is 517. The summed E-state index contributed by atoms with van der Waals surface area (Å²) in [6.07, 6.45) is 0. The maximum atomic E-state index is 7.87. The molecule has 0 bridgehead atoms. The van der Waals surface area contributed by atoms with Crippen LogP contribution in [0.3, 0.4) is 0 Å². The third-order valence-electron chi connectivity index (χ3n) is 2.55. The molecule has 0 fully saturated rings. The van der Waals surface area contributed by atoms with Gasteiger partial charge in [-0.25, -0.2) is 0 Å². The van der Waals surface area contributed by atoms with E-state index in [4.69, 9.17) is 10.1 Å². The van der Waals surface area contributed by atoms with Gasteiger partial charge in [-0.3, -0.25) is 5.41 Å². The molecule has 2 nitrogen and oxygen atoms in total. The van der Waals surface area contributed by atoms with Crippen LogP contribution in [0.25, 0.3) is 0 Å². The summed E-state index contributed by atoms with van der Waals surface area (Å²) in [6.45, 7) is 4.04. The van der Waals surface area contributed by atoms with Crippen molar-refractivity contribution in [1.82, 2.24) is 0 Å². The molecule has 2 aromatic rings. The number of ether oxygens (including phenoxy) is 1. The van der Waals surface area contributed by atoms with E-state index in [-0.39, 0.29) is 18.3 Å². The maximum absolute atomic E-state index is 7.87. The van der Waals surface area contributed by atoms with Gasteiger partial charge in [0.15, 0.2) is 0 Å². The second kappa shape index (κ2) is 6.22.